The van der Waals surface area contributed by atoms with Gasteiger partial charge in [-0.3, -0.25) is 4.79 Å². The molecular formula is C17H15ClO5S. The summed E-state index contributed by atoms with van der Waals surface area (Å²) in [6, 6.07) is 14.1. The van der Waals surface area contributed by atoms with Crippen molar-refractivity contribution >= 4 is 27.4 Å². The van der Waals surface area contributed by atoms with Crippen molar-refractivity contribution in [3.05, 3.63) is 65.2 Å². The number of carbonyl (C=O) groups is 1. The number of aliphatic hydroxyl groups excluding tert-OH is 1. The number of hydrogen-bond acceptors (Lipinski definition) is 4. The van der Waals surface area contributed by atoms with Crippen LogP contribution in [0.2, 0.25) is 5.02 Å². The SMILES string of the molecule is O=C(O)[C@]1(CO)[C@@H](c2cccc(Cl)c2)[C@@H]1S(=O)(=O)c1ccccc1. The highest BCUT2D eigenvalue weighted by Crippen LogP contribution is 2.64. The number of aliphatic carboxylic acids is 1. The summed E-state index contributed by atoms with van der Waals surface area (Å²) in [6.07, 6.45) is 0. The van der Waals surface area contributed by atoms with Crippen LogP contribution in [0.5, 0.6) is 0 Å². The minimum Gasteiger partial charge on any atom is -0.481 e. The van der Waals surface area contributed by atoms with Crippen LogP contribution in [0.1, 0.15) is 11.5 Å². The zero-order valence-electron chi connectivity index (χ0n) is 12.5. The van der Waals surface area contributed by atoms with Gasteiger partial charge in [0, 0.05) is 10.9 Å². The smallest absolute Gasteiger partial charge is 0.314 e. The van der Waals surface area contributed by atoms with Crippen molar-refractivity contribution in [2.24, 2.45) is 5.41 Å². The summed E-state index contributed by atoms with van der Waals surface area (Å²) in [6.45, 7) is -0.768. The van der Waals surface area contributed by atoms with Crippen molar-refractivity contribution in [2.45, 2.75) is 16.1 Å². The van der Waals surface area contributed by atoms with E-state index in [9.17, 15) is 23.4 Å². The molecule has 24 heavy (non-hydrogen) atoms. The molecule has 3 atom stereocenters. The van der Waals surface area contributed by atoms with Gasteiger partial charge in [-0.25, -0.2) is 8.42 Å². The Hall–Kier alpha value is -1.89. The first kappa shape index (κ1) is 17.0. The number of halogens is 1. The van der Waals surface area contributed by atoms with Crippen molar-refractivity contribution in [3.8, 4) is 0 Å². The van der Waals surface area contributed by atoms with Crippen LogP contribution in [0.3, 0.4) is 0 Å². The molecule has 0 bridgehead atoms. The fraction of sp³-hybridized carbons (Fsp3) is 0.235. The Kier molecular flexibility index (Phi) is 4.15. The predicted molar refractivity (Wildman–Crippen MR) is 88.8 cm³/mol. The van der Waals surface area contributed by atoms with E-state index < -0.39 is 39.0 Å². The van der Waals surface area contributed by atoms with Crippen LogP contribution < -0.4 is 0 Å². The van der Waals surface area contributed by atoms with Gasteiger partial charge in [0.05, 0.1) is 16.8 Å². The highest BCUT2D eigenvalue weighted by molar-refractivity contribution is 7.92. The van der Waals surface area contributed by atoms with Gasteiger partial charge in [0.1, 0.15) is 5.41 Å². The Morgan fingerprint density at radius 1 is 1.12 bits per heavy atom. The molecule has 0 aromatic heterocycles. The van der Waals surface area contributed by atoms with E-state index in [1.807, 2.05) is 0 Å². The molecule has 5 nitrogen and oxygen atoms in total. The second kappa shape index (κ2) is 5.88. The van der Waals surface area contributed by atoms with E-state index in [-0.39, 0.29) is 4.90 Å². The molecule has 1 saturated carbocycles. The number of aliphatic hydroxyl groups is 1. The third kappa shape index (κ3) is 2.42. The van der Waals surface area contributed by atoms with Gasteiger partial charge in [-0.2, -0.15) is 0 Å². The molecule has 7 heteroatoms. The van der Waals surface area contributed by atoms with E-state index >= 15 is 0 Å². The molecule has 2 aromatic rings. The van der Waals surface area contributed by atoms with Gasteiger partial charge in [-0.05, 0) is 29.8 Å². The maximum Gasteiger partial charge on any atom is 0.314 e. The second-order valence-electron chi connectivity index (χ2n) is 5.81. The Bertz CT molecular complexity index is 881. The van der Waals surface area contributed by atoms with Crippen LogP contribution in [0.25, 0.3) is 0 Å². The number of carboxylic acid groups (broad SMARTS) is 1. The van der Waals surface area contributed by atoms with E-state index in [2.05, 4.69) is 0 Å². The summed E-state index contributed by atoms with van der Waals surface area (Å²) in [7, 11) is -3.92. The van der Waals surface area contributed by atoms with Gasteiger partial charge >= 0.3 is 5.97 Å². The molecule has 1 aliphatic rings. The maximum atomic E-state index is 12.9. The largest absolute Gasteiger partial charge is 0.481 e. The number of carboxylic acids is 1. The Morgan fingerprint density at radius 3 is 2.33 bits per heavy atom. The van der Waals surface area contributed by atoms with Crippen molar-refractivity contribution in [3.63, 3.8) is 0 Å². The molecule has 0 spiro atoms. The molecule has 0 radical (unpaired) electrons. The van der Waals surface area contributed by atoms with E-state index in [1.54, 1.807) is 42.5 Å². The average molecular weight is 367 g/mol. The van der Waals surface area contributed by atoms with E-state index in [4.69, 9.17) is 11.6 Å². The maximum absolute atomic E-state index is 12.9. The van der Waals surface area contributed by atoms with Crippen molar-refractivity contribution in [2.75, 3.05) is 6.61 Å². The summed E-state index contributed by atoms with van der Waals surface area (Å²) in [4.78, 5) is 11.9. The first-order valence-corrected chi connectivity index (χ1v) is 9.17. The lowest BCUT2D eigenvalue weighted by molar-refractivity contribution is -0.145. The summed E-state index contributed by atoms with van der Waals surface area (Å²) in [5.41, 5.74) is -1.28. The summed E-state index contributed by atoms with van der Waals surface area (Å²) < 4.78 is 25.9. The van der Waals surface area contributed by atoms with Crippen LogP contribution in [0, 0.1) is 5.41 Å². The quantitative estimate of drug-likeness (QED) is 0.847. The van der Waals surface area contributed by atoms with Gasteiger partial charge in [-0.1, -0.05) is 41.9 Å². The molecule has 0 saturated heterocycles. The first-order valence-electron chi connectivity index (χ1n) is 7.24. The zero-order valence-corrected chi connectivity index (χ0v) is 14.0. The molecule has 3 rings (SSSR count). The number of sulfone groups is 1. The summed E-state index contributed by atoms with van der Waals surface area (Å²) >= 11 is 5.95. The third-order valence-corrected chi connectivity index (χ3v) is 7.06. The van der Waals surface area contributed by atoms with Crippen molar-refractivity contribution in [1.82, 2.24) is 0 Å². The Balaban J connectivity index is 2.13. The van der Waals surface area contributed by atoms with E-state index in [1.165, 1.54) is 12.1 Å². The van der Waals surface area contributed by atoms with Crippen LogP contribution in [0.15, 0.2) is 59.5 Å². The van der Waals surface area contributed by atoms with Crippen LogP contribution in [-0.4, -0.2) is 36.5 Å². The van der Waals surface area contributed by atoms with Crippen LogP contribution >= 0.6 is 11.6 Å². The fourth-order valence-electron chi connectivity index (χ4n) is 3.30. The molecule has 2 N–H and O–H groups in total. The number of rotatable bonds is 5. The summed E-state index contributed by atoms with van der Waals surface area (Å²) in [5.74, 6) is -2.19. The first-order chi connectivity index (χ1) is 11.4. The topological polar surface area (TPSA) is 91.7 Å². The molecule has 1 fully saturated rings. The zero-order chi connectivity index (χ0) is 17.5. The molecular weight excluding hydrogens is 352 g/mol. The Morgan fingerprint density at radius 2 is 1.79 bits per heavy atom. The van der Waals surface area contributed by atoms with Crippen molar-refractivity contribution < 1.29 is 23.4 Å². The lowest BCUT2D eigenvalue weighted by atomic mass is 10.0. The lowest BCUT2D eigenvalue weighted by Crippen LogP contribution is -2.27. The van der Waals surface area contributed by atoms with Gasteiger partial charge in [0.15, 0.2) is 9.84 Å². The Labute approximate surface area is 144 Å². The third-order valence-electron chi connectivity index (χ3n) is 4.53. The highest BCUT2D eigenvalue weighted by Gasteiger charge is 2.75. The monoisotopic (exact) mass is 366 g/mol. The van der Waals surface area contributed by atoms with Gasteiger partial charge in [-0.15, -0.1) is 0 Å². The van der Waals surface area contributed by atoms with Crippen LogP contribution in [-0.2, 0) is 14.6 Å². The number of hydrogen-bond donors (Lipinski definition) is 2. The minimum atomic E-state index is -3.92. The fourth-order valence-corrected chi connectivity index (χ4v) is 5.88. The van der Waals surface area contributed by atoms with E-state index in [0.717, 1.165) is 0 Å². The normalized spacial score (nSPS) is 26.1. The van der Waals surface area contributed by atoms with Gasteiger partial charge in [0.2, 0.25) is 0 Å². The minimum absolute atomic E-state index is 0.0404. The predicted octanol–water partition coefficient (Wildman–Crippen LogP) is 2.34. The van der Waals surface area contributed by atoms with Gasteiger partial charge in [0.25, 0.3) is 0 Å². The molecule has 0 heterocycles. The highest BCUT2D eigenvalue weighted by atomic mass is 35.5. The molecule has 0 amide bonds. The molecule has 1 aliphatic carbocycles. The number of benzene rings is 2. The lowest BCUT2D eigenvalue weighted by Gasteiger charge is -2.09. The molecule has 2 aromatic carbocycles. The van der Waals surface area contributed by atoms with Crippen LogP contribution in [0.4, 0.5) is 0 Å². The average Bonchev–Trinajstić information content (AvgIpc) is 3.27. The standard InChI is InChI=1S/C17H15ClO5S/c18-12-6-4-5-11(9-12)14-15(17(14,10-19)16(20)21)24(22,23)13-7-2-1-3-8-13/h1-9,14-15,19H,10H2,(H,20,21)/t14-,15-,17+/m0/s1. The van der Waals surface area contributed by atoms with E-state index in [0.29, 0.717) is 10.6 Å². The molecule has 0 unspecified atom stereocenters. The van der Waals surface area contributed by atoms with Crippen molar-refractivity contribution in [1.29, 1.82) is 0 Å². The molecule has 0 aliphatic heterocycles. The van der Waals surface area contributed by atoms with Gasteiger partial charge < -0.3 is 10.2 Å². The second-order valence-corrected chi connectivity index (χ2v) is 8.32. The summed E-state index contributed by atoms with van der Waals surface area (Å²) in [5, 5.41) is 18.5. The molecule has 126 valence electrons.